The summed E-state index contributed by atoms with van der Waals surface area (Å²) in [6.07, 6.45) is 6.28. The monoisotopic (exact) mass is 253 g/mol. The van der Waals surface area contributed by atoms with E-state index in [1.54, 1.807) is 0 Å². The molecule has 0 unspecified atom stereocenters. The van der Waals surface area contributed by atoms with Crippen LogP contribution in [0.1, 0.15) is 59.8 Å². The van der Waals surface area contributed by atoms with Crippen molar-refractivity contribution in [1.29, 1.82) is 0 Å². The molecule has 3 heteroatoms. The Kier molecular flexibility index (Phi) is 3.61. The molecule has 0 aromatic heterocycles. The van der Waals surface area contributed by atoms with Crippen LogP contribution in [0.3, 0.4) is 0 Å². The van der Waals surface area contributed by atoms with Crippen LogP contribution < -0.4 is 0 Å². The second kappa shape index (κ2) is 4.75. The van der Waals surface area contributed by atoms with Crippen LogP contribution in [0.5, 0.6) is 0 Å². The maximum absolute atomic E-state index is 12.0. The van der Waals surface area contributed by atoms with E-state index in [1.165, 1.54) is 32.1 Å². The number of hydrogen-bond donors (Lipinski definition) is 0. The predicted molar refractivity (Wildman–Crippen MR) is 72.5 cm³/mol. The lowest BCUT2D eigenvalue weighted by Crippen LogP contribution is -2.49. The summed E-state index contributed by atoms with van der Waals surface area (Å²) in [7, 11) is 0. The predicted octanol–water partition coefficient (Wildman–Crippen LogP) is 3.82. The van der Waals surface area contributed by atoms with Gasteiger partial charge in [-0.1, -0.05) is 13.3 Å². The third kappa shape index (κ3) is 2.99. The van der Waals surface area contributed by atoms with Crippen molar-refractivity contribution in [3.8, 4) is 0 Å². The van der Waals surface area contributed by atoms with Gasteiger partial charge in [0.05, 0.1) is 0 Å². The summed E-state index contributed by atoms with van der Waals surface area (Å²) >= 11 is 0. The second-order valence-corrected chi connectivity index (χ2v) is 7.15. The average molecular weight is 253 g/mol. The summed E-state index contributed by atoms with van der Waals surface area (Å²) in [6, 6.07) is 0. The Labute approximate surface area is 111 Å². The molecule has 1 heterocycles. The molecule has 1 amide bonds. The van der Waals surface area contributed by atoms with Crippen molar-refractivity contribution in [3.63, 3.8) is 0 Å². The zero-order chi connectivity index (χ0) is 13.4. The fourth-order valence-electron chi connectivity index (χ4n) is 3.35. The first-order valence-electron chi connectivity index (χ1n) is 7.31. The van der Waals surface area contributed by atoms with Gasteiger partial charge in [0.2, 0.25) is 0 Å². The van der Waals surface area contributed by atoms with E-state index in [2.05, 4.69) is 6.92 Å². The van der Waals surface area contributed by atoms with Crippen molar-refractivity contribution in [2.45, 2.75) is 65.4 Å². The number of carbonyl (C=O) groups excluding carboxylic acids is 1. The van der Waals surface area contributed by atoms with E-state index in [0.717, 1.165) is 19.0 Å². The zero-order valence-corrected chi connectivity index (χ0v) is 12.3. The Morgan fingerprint density at radius 2 is 1.83 bits per heavy atom. The highest BCUT2D eigenvalue weighted by Crippen LogP contribution is 2.53. The Balaban J connectivity index is 1.79. The number of rotatable bonds is 1. The van der Waals surface area contributed by atoms with Gasteiger partial charge in [0.25, 0.3) is 0 Å². The van der Waals surface area contributed by atoms with Gasteiger partial charge in [0.15, 0.2) is 0 Å². The zero-order valence-electron chi connectivity index (χ0n) is 12.3. The van der Waals surface area contributed by atoms with Crippen LogP contribution in [0.4, 0.5) is 4.79 Å². The normalized spacial score (nSPS) is 23.9. The highest BCUT2D eigenvalue weighted by molar-refractivity contribution is 5.68. The highest BCUT2D eigenvalue weighted by atomic mass is 16.6. The summed E-state index contributed by atoms with van der Waals surface area (Å²) in [5.41, 5.74) is 0.190. The van der Waals surface area contributed by atoms with E-state index in [1.807, 2.05) is 25.7 Å². The van der Waals surface area contributed by atoms with Gasteiger partial charge in [0, 0.05) is 13.1 Å². The van der Waals surface area contributed by atoms with Gasteiger partial charge in [-0.2, -0.15) is 0 Å². The molecule has 1 saturated carbocycles. The van der Waals surface area contributed by atoms with Crippen LogP contribution in [-0.4, -0.2) is 29.7 Å². The number of carbonyl (C=O) groups is 1. The Morgan fingerprint density at radius 3 is 2.28 bits per heavy atom. The molecule has 0 radical (unpaired) electrons. The van der Waals surface area contributed by atoms with Crippen molar-refractivity contribution < 1.29 is 9.53 Å². The standard InChI is InChI=1S/C15H27NO2/c1-5-12-10-15(11-12)6-8-16(9-7-15)13(17)18-14(2,3)4/h12H,5-11H2,1-4H3. The summed E-state index contributed by atoms with van der Waals surface area (Å²) in [5.74, 6) is 0.943. The van der Waals surface area contributed by atoms with Crippen molar-refractivity contribution in [3.05, 3.63) is 0 Å². The molecule has 1 aliphatic carbocycles. The SMILES string of the molecule is CCC1CC2(CCN(C(=O)OC(C)(C)C)CC2)C1. The highest BCUT2D eigenvalue weighted by Gasteiger charge is 2.45. The topological polar surface area (TPSA) is 29.5 Å². The van der Waals surface area contributed by atoms with E-state index in [0.29, 0.717) is 5.41 Å². The Morgan fingerprint density at radius 1 is 1.28 bits per heavy atom. The molecule has 3 nitrogen and oxygen atoms in total. The molecular formula is C15H27NO2. The van der Waals surface area contributed by atoms with Crippen molar-refractivity contribution in [2.75, 3.05) is 13.1 Å². The molecule has 104 valence electrons. The van der Waals surface area contributed by atoms with Crippen LogP contribution in [0.2, 0.25) is 0 Å². The van der Waals surface area contributed by atoms with E-state index < -0.39 is 0 Å². The van der Waals surface area contributed by atoms with Gasteiger partial charge < -0.3 is 9.64 Å². The third-order valence-corrected chi connectivity index (χ3v) is 4.50. The van der Waals surface area contributed by atoms with Crippen LogP contribution >= 0.6 is 0 Å². The Bertz CT molecular complexity index is 303. The van der Waals surface area contributed by atoms with Crippen LogP contribution in [0.15, 0.2) is 0 Å². The summed E-state index contributed by atoms with van der Waals surface area (Å²) in [4.78, 5) is 13.8. The maximum Gasteiger partial charge on any atom is 0.410 e. The number of nitrogens with zero attached hydrogens (tertiary/aromatic N) is 1. The van der Waals surface area contributed by atoms with Gasteiger partial charge in [-0.25, -0.2) is 4.79 Å². The Hall–Kier alpha value is -0.730. The van der Waals surface area contributed by atoms with E-state index in [9.17, 15) is 4.79 Å². The first-order chi connectivity index (χ1) is 8.34. The van der Waals surface area contributed by atoms with Gasteiger partial charge in [-0.3, -0.25) is 0 Å². The number of ether oxygens (including phenoxy) is 1. The number of piperidine rings is 1. The van der Waals surface area contributed by atoms with E-state index >= 15 is 0 Å². The third-order valence-electron chi connectivity index (χ3n) is 4.50. The molecule has 0 N–H and O–H groups in total. The fraction of sp³-hybridized carbons (Fsp3) is 0.933. The molecule has 1 aliphatic heterocycles. The van der Waals surface area contributed by atoms with Crippen molar-refractivity contribution >= 4 is 6.09 Å². The number of amides is 1. The molecule has 0 bridgehead atoms. The van der Waals surface area contributed by atoms with Gasteiger partial charge in [-0.05, 0) is 57.8 Å². The molecule has 18 heavy (non-hydrogen) atoms. The molecule has 2 fully saturated rings. The minimum absolute atomic E-state index is 0.135. The fourth-order valence-corrected chi connectivity index (χ4v) is 3.35. The maximum atomic E-state index is 12.0. The molecular weight excluding hydrogens is 226 g/mol. The van der Waals surface area contributed by atoms with Crippen molar-refractivity contribution in [2.24, 2.45) is 11.3 Å². The largest absolute Gasteiger partial charge is 0.444 e. The second-order valence-electron chi connectivity index (χ2n) is 7.15. The first kappa shape index (κ1) is 13.7. The van der Waals surface area contributed by atoms with Crippen LogP contribution in [0.25, 0.3) is 0 Å². The van der Waals surface area contributed by atoms with Gasteiger partial charge in [-0.15, -0.1) is 0 Å². The molecule has 1 saturated heterocycles. The van der Waals surface area contributed by atoms with Crippen molar-refractivity contribution in [1.82, 2.24) is 4.90 Å². The lowest BCUT2D eigenvalue weighted by Gasteiger charge is -2.52. The molecule has 0 atom stereocenters. The van der Waals surface area contributed by atoms with Gasteiger partial charge >= 0.3 is 6.09 Å². The van der Waals surface area contributed by atoms with E-state index in [4.69, 9.17) is 4.74 Å². The molecule has 0 aromatic carbocycles. The lowest BCUT2D eigenvalue weighted by atomic mass is 9.57. The smallest absolute Gasteiger partial charge is 0.410 e. The summed E-state index contributed by atoms with van der Waals surface area (Å²) in [5, 5.41) is 0. The summed E-state index contributed by atoms with van der Waals surface area (Å²) < 4.78 is 5.43. The first-order valence-corrected chi connectivity index (χ1v) is 7.31. The lowest BCUT2D eigenvalue weighted by molar-refractivity contribution is -0.0279. The van der Waals surface area contributed by atoms with E-state index in [-0.39, 0.29) is 11.7 Å². The minimum atomic E-state index is -0.379. The van der Waals surface area contributed by atoms with Gasteiger partial charge in [0.1, 0.15) is 5.60 Å². The number of hydrogen-bond acceptors (Lipinski definition) is 2. The minimum Gasteiger partial charge on any atom is -0.444 e. The molecule has 2 rings (SSSR count). The number of likely N-dealkylation sites (tertiary alicyclic amines) is 1. The van der Waals surface area contributed by atoms with Crippen LogP contribution in [0, 0.1) is 11.3 Å². The summed E-state index contributed by atoms with van der Waals surface area (Å²) in [6.45, 7) is 9.82. The molecule has 2 aliphatic rings. The quantitative estimate of drug-likeness (QED) is 0.711. The molecule has 1 spiro atoms. The van der Waals surface area contributed by atoms with Crippen LogP contribution in [-0.2, 0) is 4.74 Å². The average Bonchev–Trinajstić information content (AvgIpc) is 2.23. The molecule has 0 aromatic rings.